The van der Waals surface area contributed by atoms with Crippen LogP contribution < -0.4 is 10.1 Å². The number of carbonyl (C=O) groups is 1. The molecular weight excluding hydrogens is 235 g/mol. The number of nitrogens with one attached hydrogen (secondary N) is 2. The van der Waals surface area contributed by atoms with Crippen LogP contribution in [0.3, 0.4) is 0 Å². The van der Waals surface area contributed by atoms with Gasteiger partial charge in [0.2, 0.25) is 0 Å². The summed E-state index contributed by atoms with van der Waals surface area (Å²) in [4.78, 5) is 14.7. The van der Waals surface area contributed by atoms with Gasteiger partial charge < -0.3 is 15.0 Å². The van der Waals surface area contributed by atoms with Crippen molar-refractivity contribution in [3.8, 4) is 5.75 Å². The molecule has 0 aliphatic rings. The summed E-state index contributed by atoms with van der Waals surface area (Å²) in [6.45, 7) is 0.399. The van der Waals surface area contributed by atoms with Crippen LogP contribution in [0.2, 0.25) is 0 Å². The van der Waals surface area contributed by atoms with Gasteiger partial charge in [-0.2, -0.15) is 0 Å². The van der Waals surface area contributed by atoms with Gasteiger partial charge in [0, 0.05) is 24.5 Å². The van der Waals surface area contributed by atoms with Crippen LogP contribution in [0.5, 0.6) is 5.75 Å². The summed E-state index contributed by atoms with van der Waals surface area (Å²) >= 11 is 0. The first-order chi connectivity index (χ1) is 8.70. The minimum atomic E-state index is -0.549. The van der Waals surface area contributed by atoms with Crippen LogP contribution in [0.1, 0.15) is 15.9 Å². The second-order valence-corrected chi connectivity index (χ2v) is 3.75. The van der Waals surface area contributed by atoms with Crippen LogP contribution in [0, 0.1) is 5.82 Å². The van der Waals surface area contributed by atoms with Gasteiger partial charge in [-0.05, 0) is 29.8 Å². The van der Waals surface area contributed by atoms with Gasteiger partial charge >= 0.3 is 0 Å². The number of benzene rings is 1. The Labute approximate surface area is 104 Å². The molecule has 18 heavy (non-hydrogen) atoms. The molecule has 1 amide bonds. The number of carbonyl (C=O) groups excluding carboxylic acids is 1. The fourth-order valence-electron chi connectivity index (χ4n) is 1.56. The lowest BCUT2D eigenvalue weighted by Gasteiger charge is -2.06. The molecule has 2 aromatic rings. The van der Waals surface area contributed by atoms with Crippen molar-refractivity contribution in [3.05, 3.63) is 53.6 Å². The Morgan fingerprint density at radius 2 is 2.28 bits per heavy atom. The molecule has 0 radical (unpaired) electrons. The van der Waals surface area contributed by atoms with E-state index in [1.165, 1.54) is 19.2 Å². The van der Waals surface area contributed by atoms with Crippen molar-refractivity contribution >= 4 is 5.91 Å². The second-order valence-electron chi connectivity index (χ2n) is 3.75. The van der Waals surface area contributed by atoms with E-state index in [1.807, 2.05) is 6.07 Å². The number of hydrogen-bond donors (Lipinski definition) is 2. The van der Waals surface area contributed by atoms with Crippen LogP contribution in [-0.2, 0) is 6.54 Å². The maximum absolute atomic E-state index is 13.4. The first-order valence-electron chi connectivity index (χ1n) is 5.44. The molecule has 0 atom stereocenters. The number of amides is 1. The van der Waals surface area contributed by atoms with E-state index in [4.69, 9.17) is 4.74 Å². The Kier molecular flexibility index (Phi) is 3.62. The van der Waals surface area contributed by atoms with Crippen molar-refractivity contribution in [1.29, 1.82) is 0 Å². The molecule has 1 heterocycles. The fraction of sp³-hybridized carbons (Fsp3) is 0.154. The number of halogens is 1. The first-order valence-corrected chi connectivity index (χ1v) is 5.44. The molecule has 1 aromatic carbocycles. The molecule has 0 unspecified atom stereocenters. The lowest BCUT2D eigenvalue weighted by molar-refractivity contribution is 0.0950. The lowest BCUT2D eigenvalue weighted by Crippen LogP contribution is -2.22. The summed E-state index contributed by atoms with van der Waals surface area (Å²) in [5.74, 6) is -0.748. The molecule has 0 saturated heterocycles. The van der Waals surface area contributed by atoms with Gasteiger partial charge in [0.15, 0.2) is 11.6 Å². The van der Waals surface area contributed by atoms with Crippen molar-refractivity contribution in [3.63, 3.8) is 0 Å². The van der Waals surface area contributed by atoms with E-state index in [9.17, 15) is 9.18 Å². The predicted molar refractivity (Wildman–Crippen MR) is 64.9 cm³/mol. The van der Waals surface area contributed by atoms with E-state index >= 15 is 0 Å². The van der Waals surface area contributed by atoms with Crippen LogP contribution in [0.15, 0.2) is 36.7 Å². The molecule has 94 valence electrons. The molecule has 0 fully saturated rings. The number of aromatic amines is 1. The number of aromatic nitrogens is 1. The third-order valence-corrected chi connectivity index (χ3v) is 2.53. The summed E-state index contributed by atoms with van der Waals surface area (Å²) in [5, 5.41) is 2.70. The zero-order valence-electron chi connectivity index (χ0n) is 9.87. The summed E-state index contributed by atoms with van der Waals surface area (Å²) in [5.41, 5.74) is 1.22. The Morgan fingerprint density at radius 1 is 1.44 bits per heavy atom. The monoisotopic (exact) mass is 248 g/mol. The van der Waals surface area contributed by atoms with Crippen molar-refractivity contribution in [1.82, 2.24) is 10.3 Å². The highest BCUT2D eigenvalue weighted by Crippen LogP contribution is 2.17. The van der Waals surface area contributed by atoms with Gasteiger partial charge in [0.1, 0.15) is 0 Å². The quantitative estimate of drug-likeness (QED) is 0.870. The third kappa shape index (κ3) is 2.68. The SMILES string of the molecule is COc1ccc(C(=O)NCc2cc[nH]c2)cc1F. The predicted octanol–water partition coefficient (Wildman–Crippen LogP) is 2.09. The number of H-pyrrole nitrogens is 1. The lowest BCUT2D eigenvalue weighted by atomic mass is 10.2. The highest BCUT2D eigenvalue weighted by Gasteiger charge is 2.09. The van der Waals surface area contributed by atoms with E-state index in [-0.39, 0.29) is 17.2 Å². The number of rotatable bonds is 4. The van der Waals surface area contributed by atoms with Gasteiger partial charge in [-0.15, -0.1) is 0 Å². The summed E-state index contributed by atoms with van der Waals surface area (Å²) in [6, 6.07) is 5.97. The zero-order chi connectivity index (χ0) is 13.0. The Morgan fingerprint density at radius 3 is 2.89 bits per heavy atom. The molecule has 0 aliphatic heterocycles. The first kappa shape index (κ1) is 12.2. The molecule has 0 aliphatic carbocycles. The Hall–Kier alpha value is -2.30. The van der Waals surface area contributed by atoms with E-state index in [0.717, 1.165) is 11.6 Å². The van der Waals surface area contributed by atoms with Crippen molar-refractivity contribution < 1.29 is 13.9 Å². The average Bonchev–Trinajstić information content (AvgIpc) is 2.89. The summed E-state index contributed by atoms with van der Waals surface area (Å²) in [7, 11) is 1.38. The summed E-state index contributed by atoms with van der Waals surface area (Å²) in [6.07, 6.45) is 3.56. The molecular formula is C13H13FN2O2. The van der Waals surface area contributed by atoms with Crippen molar-refractivity contribution in [2.45, 2.75) is 6.54 Å². The van der Waals surface area contributed by atoms with Gasteiger partial charge in [-0.25, -0.2) is 4.39 Å². The summed E-state index contributed by atoms with van der Waals surface area (Å²) < 4.78 is 18.2. The Bertz CT molecular complexity index is 538. The normalized spacial score (nSPS) is 10.1. The molecule has 1 aromatic heterocycles. The van der Waals surface area contributed by atoms with E-state index < -0.39 is 5.82 Å². The van der Waals surface area contributed by atoms with Gasteiger partial charge in [0.05, 0.1) is 7.11 Å². The zero-order valence-corrected chi connectivity index (χ0v) is 9.87. The molecule has 0 bridgehead atoms. The Balaban J connectivity index is 2.02. The average molecular weight is 248 g/mol. The maximum atomic E-state index is 13.4. The van der Waals surface area contributed by atoms with Crippen molar-refractivity contribution in [2.75, 3.05) is 7.11 Å². The molecule has 4 nitrogen and oxygen atoms in total. The highest BCUT2D eigenvalue weighted by atomic mass is 19.1. The fourth-order valence-corrected chi connectivity index (χ4v) is 1.56. The maximum Gasteiger partial charge on any atom is 0.251 e. The van der Waals surface area contributed by atoms with Gasteiger partial charge in [-0.3, -0.25) is 4.79 Å². The minimum absolute atomic E-state index is 0.122. The number of ether oxygens (including phenoxy) is 1. The van der Waals surface area contributed by atoms with Crippen LogP contribution >= 0.6 is 0 Å². The van der Waals surface area contributed by atoms with Crippen LogP contribution in [0.4, 0.5) is 4.39 Å². The number of hydrogen-bond acceptors (Lipinski definition) is 2. The topological polar surface area (TPSA) is 54.1 Å². The number of methoxy groups -OCH3 is 1. The second kappa shape index (κ2) is 5.35. The smallest absolute Gasteiger partial charge is 0.251 e. The van der Waals surface area contributed by atoms with Gasteiger partial charge in [0.25, 0.3) is 5.91 Å². The van der Waals surface area contributed by atoms with E-state index in [1.54, 1.807) is 12.4 Å². The molecule has 2 N–H and O–H groups in total. The third-order valence-electron chi connectivity index (χ3n) is 2.53. The standard InChI is InChI=1S/C13H13FN2O2/c1-18-12-3-2-10(6-11(12)14)13(17)16-8-9-4-5-15-7-9/h2-7,15H,8H2,1H3,(H,16,17). The van der Waals surface area contributed by atoms with Crippen molar-refractivity contribution in [2.24, 2.45) is 0 Å². The van der Waals surface area contributed by atoms with Gasteiger partial charge in [-0.1, -0.05) is 0 Å². The minimum Gasteiger partial charge on any atom is -0.494 e. The van der Waals surface area contributed by atoms with Crippen LogP contribution in [-0.4, -0.2) is 18.0 Å². The van der Waals surface area contributed by atoms with E-state index in [0.29, 0.717) is 6.54 Å². The van der Waals surface area contributed by atoms with Crippen LogP contribution in [0.25, 0.3) is 0 Å². The van der Waals surface area contributed by atoms with E-state index in [2.05, 4.69) is 10.3 Å². The molecule has 5 heteroatoms. The largest absolute Gasteiger partial charge is 0.494 e. The molecule has 0 spiro atoms. The highest BCUT2D eigenvalue weighted by molar-refractivity contribution is 5.94. The molecule has 0 saturated carbocycles. The molecule has 2 rings (SSSR count).